The number of halogens is 1. The Bertz CT molecular complexity index is 620. The number of benzene rings is 1. The maximum atomic E-state index is 12.5. The topological polar surface area (TPSA) is 61.4 Å². The summed E-state index contributed by atoms with van der Waals surface area (Å²) < 4.78 is 0. The van der Waals surface area contributed by atoms with Crippen LogP contribution in [0.4, 0.5) is 0 Å². The van der Waals surface area contributed by atoms with Gasteiger partial charge in [0.25, 0.3) is 0 Å². The average Bonchev–Trinajstić information content (AvgIpc) is 3.20. The number of nitrogens with one attached hydrogen (secondary N) is 2. The highest BCUT2D eigenvalue weighted by Gasteiger charge is 2.26. The number of carbonyl (C=O) groups is 2. The minimum absolute atomic E-state index is 0.0351. The predicted octanol–water partition coefficient (Wildman–Crippen LogP) is 2.54. The molecule has 1 aromatic rings. The van der Waals surface area contributed by atoms with E-state index in [1.54, 1.807) is 0 Å². The molecule has 0 radical (unpaired) electrons. The summed E-state index contributed by atoms with van der Waals surface area (Å²) in [5.41, 5.74) is 0. The Morgan fingerprint density at radius 1 is 1.23 bits per heavy atom. The maximum Gasteiger partial charge on any atom is 0.237 e. The number of amides is 2. The van der Waals surface area contributed by atoms with E-state index in [1.165, 1.54) is 11.8 Å². The van der Waals surface area contributed by atoms with Crippen molar-refractivity contribution in [2.75, 3.05) is 31.9 Å². The third-order valence-electron chi connectivity index (χ3n) is 4.99. The quantitative estimate of drug-likeness (QED) is 0.726. The highest BCUT2D eigenvalue weighted by atomic mass is 35.5. The zero-order valence-electron chi connectivity index (χ0n) is 14.9. The van der Waals surface area contributed by atoms with E-state index in [0.717, 1.165) is 50.2 Å². The molecule has 3 rings (SSSR count). The third kappa shape index (κ3) is 5.63. The highest BCUT2D eigenvalue weighted by molar-refractivity contribution is 8.00. The normalized spacial score (nSPS) is 23.0. The van der Waals surface area contributed by atoms with E-state index in [4.69, 9.17) is 11.6 Å². The molecule has 2 amide bonds. The van der Waals surface area contributed by atoms with Gasteiger partial charge in [0.15, 0.2) is 0 Å². The monoisotopic (exact) mass is 395 g/mol. The standard InChI is InChI=1S/C19H26ClN3O2S/c20-15-5-7-16(8-6-15)26-13-18(24)23-10-2-3-14(12-23)11-22-19(25)17-4-1-9-21-17/h5-8,14,17,21H,1-4,9-13H2,(H,22,25). The average molecular weight is 396 g/mol. The van der Waals surface area contributed by atoms with Crippen molar-refractivity contribution in [1.82, 2.24) is 15.5 Å². The van der Waals surface area contributed by atoms with Gasteiger partial charge in [0.05, 0.1) is 11.8 Å². The van der Waals surface area contributed by atoms with E-state index in [0.29, 0.717) is 23.2 Å². The molecule has 0 spiro atoms. The largest absolute Gasteiger partial charge is 0.354 e. The van der Waals surface area contributed by atoms with E-state index in [-0.39, 0.29) is 17.9 Å². The Hall–Kier alpha value is -1.24. The van der Waals surface area contributed by atoms with Crippen LogP contribution in [0.2, 0.25) is 5.02 Å². The lowest BCUT2D eigenvalue weighted by molar-refractivity contribution is -0.130. The lowest BCUT2D eigenvalue weighted by atomic mass is 9.98. The van der Waals surface area contributed by atoms with Crippen LogP contribution in [0.25, 0.3) is 0 Å². The zero-order chi connectivity index (χ0) is 18.4. The van der Waals surface area contributed by atoms with Crippen LogP contribution in [0, 0.1) is 5.92 Å². The number of piperidine rings is 1. The molecule has 142 valence electrons. The van der Waals surface area contributed by atoms with E-state index >= 15 is 0 Å². The number of nitrogens with zero attached hydrogens (tertiary/aromatic N) is 1. The molecule has 0 aliphatic carbocycles. The van der Waals surface area contributed by atoms with Crippen LogP contribution >= 0.6 is 23.4 Å². The highest BCUT2D eigenvalue weighted by Crippen LogP contribution is 2.22. The molecule has 1 aromatic carbocycles. The van der Waals surface area contributed by atoms with Crippen LogP contribution < -0.4 is 10.6 Å². The Balaban J connectivity index is 1.41. The van der Waals surface area contributed by atoms with Crippen LogP contribution in [0.3, 0.4) is 0 Å². The smallest absolute Gasteiger partial charge is 0.237 e. The van der Waals surface area contributed by atoms with Crippen LogP contribution in [0.5, 0.6) is 0 Å². The van der Waals surface area contributed by atoms with Gasteiger partial charge in [0, 0.05) is 29.6 Å². The number of hydrogen-bond donors (Lipinski definition) is 2. The molecule has 2 fully saturated rings. The molecule has 7 heteroatoms. The molecular formula is C19H26ClN3O2S. The van der Waals surface area contributed by atoms with Crippen molar-refractivity contribution in [1.29, 1.82) is 0 Å². The molecule has 0 saturated carbocycles. The molecule has 26 heavy (non-hydrogen) atoms. The van der Waals surface area contributed by atoms with Gasteiger partial charge in [-0.3, -0.25) is 9.59 Å². The molecule has 5 nitrogen and oxygen atoms in total. The van der Waals surface area contributed by atoms with Crippen molar-refractivity contribution < 1.29 is 9.59 Å². The number of hydrogen-bond acceptors (Lipinski definition) is 4. The van der Waals surface area contributed by atoms with Gasteiger partial charge >= 0.3 is 0 Å². The van der Waals surface area contributed by atoms with E-state index in [1.807, 2.05) is 29.2 Å². The van der Waals surface area contributed by atoms with Crippen molar-refractivity contribution in [2.24, 2.45) is 5.92 Å². The third-order valence-corrected chi connectivity index (χ3v) is 6.24. The molecule has 2 N–H and O–H groups in total. The first-order valence-corrected chi connectivity index (χ1v) is 10.7. The summed E-state index contributed by atoms with van der Waals surface area (Å²) in [6.45, 7) is 3.13. The minimum atomic E-state index is -0.0351. The summed E-state index contributed by atoms with van der Waals surface area (Å²) in [4.78, 5) is 27.6. The van der Waals surface area contributed by atoms with E-state index in [9.17, 15) is 9.59 Å². The van der Waals surface area contributed by atoms with Gasteiger partial charge in [-0.15, -0.1) is 11.8 Å². The van der Waals surface area contributed by atoms with Gasteiger partial charge in [-0.2, -0.15) is 0 Å². The SMILES string of the molecule is O=C(NCC1CCCN(C(=O)CSc2ccc(Cl)cc2)C1)C1CCCN1. The molecule has 2 atom stereocenters. The molecule has 2 heterocycles. The van der Waals surface area contributed by atoms with E-state index in [2.05, 4.69) is 10.6 Å². The summed E-state index contributed by atoms with van der Waals surface area (Å²) in [5, 5.41) is 6.98. The van der Waals surface area contributed by atoms with Crippen LogP contribution in [0.15, 0.2) is 29.2 Å². The summed E-state index contributed by atoms with van der Waals surface area (Å²) >= 11 is 7.43. The molecule has 0 bridgehead atoms. The molecular weight excluding hydrogens is 370 g/mol. The Labute approximate surface area is 164 Å². The fraction of sp³-hybridized carbons (Fsp3) is 0.579. The number of carbonyl (C=O) groups excluding carboxylic acids is 2. The molecule has 2 aliphatic heterocycles. The van der Waals surface area contributed by atoms with Crippen molar-refractivity contribution in [2.45, 2.75) is 36.6 Å². The summed E-state index contributed by atoms with van der Waals surface area (Å²) in [5.74, 6) is 1.05. The Morgan fingerprint density at radius 2 is 2.04 bits per heavy atom. The number of rotatable bonds is 6. The minimum Gasteiger partial charge on any atom is -0.354 e. The first kappa shape index (κ1) is 19.5. The first-order chi connectivity index (χ1) is 12.6. The van der Waals surface area contributed by atoms with Crippen LogP contribution in [-0.2, 0) is 9.59 Å². The fourth-order valence-electron chi connectivity index (χ4n) is 3.50. The Kier molecular flexibility index (Phi) is 7.23. The maximum absolute atomic E-state index is 12.5. The second-order valence-corrected chi connectivity index (χ2v) is 8.47. The summed E-state index contributed by atoms with van der Waals surface area (Å²) in [6.07, 6.45) is 4.05. The Morgan fingerprint density at radius 3 is 2.77 bits per heavy atom. The lowest BCUT2D eigenvalue weighted by Gasteiger charge is -2.33. The molecule has 0 aromatic heterocycles. The predicted molar refractivity (Wildman–Crippen MR) is 106 cm³/mol. The van der Waals surface area contributed by atoms with Gasteiger partial charge in [-0.25, -0.2) is 0 Å². The van der Waals surface area contributed by atoms with Gasteiger partial charge in [0.2, 0.25) is 11.8 Å². The van der Waals surface area contributed by atoms with Crippen LogP contribution in [-0.4, -0.2) is 54.7 Å². The molecule has 2 aliphatic rings. The zero-order valence-corrected chi connectivity index (χ0v) is 16.5. The second-order valence-electron chi connectivity index (χ2n) is 6.98. The lowest BCUT2D eigenvalue weighted by Crippen LogP contribution is -2.47. The first-order valence-electron chi connectivity index (χ1n) is 9.29. The second kappa shape index (κ2) is 9.62. The van der Waals surface area contributed by atoms with Gasteiger partial charge in [-0.05, 0) is 62.4 Å². The van der Waals surface area contributed by atoms with Gasteiger partial charge in [-0.1, -0.05) is 11.6 Å². The summed E-state index contributed by atoms with van der Waals surface area (Å²) in [7, 11) is 0. The van der Waals surface area contributed by atoms with Crippen LogP contribution in [0.1, 0.15) is 25.7 Å². The molecule has 2 unspecified atom stereocenters. The van der Waals surface area contributed by atoms with Crippen molar-refractivity contribution in [3.05, 3.63) is 29.3 Å². The van der Waals surface area contributed by atoms with Gasteiger partial charge in [0.1, 0.15) is 0 Å². The fourth-order valence-corrected chi connectivity index (χ4v) is 4.43. The number of thioether (sulfide) groups is 1. The van der Waals surface area contributed by atoms with Gasteiger partial charge < -0.3 is 15.5 Å². The van der Waals surface area contributed by atoms with Crippen molar-refractivity contribution in [3.8, 4) is 0 Å². The molecule has 2 saturated heterocycles. The van der Waals surface area contributed by atoms with Crippen molar-refractivity contribution >= 4 is 35.2 Å². The van der Waals surface area contributed by atoms with Crippen molar-refractivity contribution in [3.63, 3.8) is 0 Å². The number of likely N-dealkylation sites (tertiary alicyclic amines) is 1. The van der Waals surface area contributed by atoms with E-state index < -0.39 is 0 Å². The summed E-state index contributed by atoms with van der Waals surface area (Å²) in [6, 6.07) is 7.52.